The number of hydrogen-bond donors (Lipinski definition) is 1. The Labute approximate surface area is 108 Å². The molecule has 6 nitrogen and oxygen atoms in total. The Balaban J connectivity index is 2.46. The number of nitrogens with zero attached hydrogens (tertiary/aromatic N) is 4. The summed E-state index contributed by atoms with van der Waals surface area (Å²) in [5.74, 6) is -0.375. The van der Waals surface area contributed by atoms with Crippen LogP contribution < -0.4 is 0 Å². The van der Waals surface area contributed by atoms with Gasteiger partial charge in [-0.05, 0) is 26.0 Å². The maximum Gasteiger partial charge on any atom is 0.307 e. The standard InChI is InChI=1S/C11H11ClN4O2/c1-6-8(5-11(17)18)7(2)16(15-6)10-4-3-9(12)13-14-10/h3-4H,5H2,1-2H3,(H,17,18). The second-order valence-electron chi connectivity index (χ2n) is 3.85. The molecule has 0 bridgehead atoms. The molecule has 0 aromatic carbocycles. The molecular formula is C11H11ClN4O2. The highest BCUT2D eigenvalue weighted by molar-refractivity contribution is 6.29. The summed E-state index contributed by atoms with van der Waals surface area (Å²) in [7, 11) is 0. The fraction of sp³-hybridized carbons (Fsp3) is 0.273. The molecule has 1 N–H and O–H groups in total. The Morgan fingerprint density at radius 3 is 2.67 bits per heavy atom. The van der Waals surface area contributed by atoms with Gasteiger partial charge in [0.2, 0.25) is 0 Å². The van der Waals surface area contributed by atoms with Crippen molar-refractivity contribution in [1.82, 2.24) is 20.0 Å². The smallest absolute Gasteiger partial charge is 0.307 e. The van der Waals surface area contributed by atoms with Crippen LogP contribution in [0.1, 0.15) is 17.0 Å². The molecule has 7 heteroatoms. The molecule has 2 heterocycles. The number of carboxylic acids is 1. The van der Waals surface area contributed by atoms with Crippen molar-refractivity contribution in [1.29, 1.82) is 0 Å². The highest BCUT2D eigenvalue weighted by atomic mass is 35.5. The van der Waals surface area contributed by atoms with Crippen molar-refractivity contribution in [2.75, 3.05) is 0 Å². The first-order chi connectivity index (χ1) is 8.49. The van der Waals surface area contributed by atoms with Crippen molar-refractivity contribution in [2.24, 2.45) is 0 Å². The predicted molar refractivity (Wildman–Crippen MR) is 65.0 cm³/mol. The summed E-state index contributed by atoms with van der Waals surface area (Å²) in [4.78, 5) is 10.8. The first-order valence-electron chi connectivity index (χ1n) is 5.25. The fourth-order valence-electron chi connectivity index (χ4n) is 1.73. The van der Waals surface area contributed by atoms with E-state index < -0.39 is 5.97 Å². The summed E-state index contributed by atoms with van der Waals surface area (Å²) in [6, 6.07) is 3.29. The van der Waals surface area contributed by atoms with Crippen molar-refractivity contribution in [3.63, 3.8) is 0 Å². The van der Waals surface area contributed by atoms with E-state index in [0.29, 0.717) is 22.2 Å². The Kier molecular flexibility index (Phi) is 3.29. The van der Waals surface area contributed by atoms with E-state index >= 15 is 0 Å². The highest BCUT2D eigenvalue weighted by Crippen LogP contribution is 2.17. The van der Waals surface area contributed by atoms with Crippen molar-refractivity contribution in [3.8, 4) is 5.82 Å². The van der Waals surface area contributed by atoms with Gasteiger partial charge in [0.25, 0.3) is 0 Å². The number of carbonyl (C=O) groups is 1. The van der Waals surface area contributed by atoms with Crippen LogP contribution in [-0.2, 0) is 11.2 Å². The molecule has 0 aliphatic heterocycles. The van der Waals surface area contributed by atoms with E-state index in [1.165, 1.54) is 0 Å². The minimum absolute atomic E-state index is 0.0569. The zero-order valence-corrected chi connectivity index (χ0v) is 10.6. The number of halogens is 1. The third-order valence-electron chi connectivity index (χ3n) is 2.60. The van der Waals surface area contributed by atoms with Gasteiger partial charge in [-0.3, -0.25) is 4.79 Å². The Morgan fingerprint density at radius 1 is 1.39 bits per heavy atom. The molecule has 0 unspecified atom stereocenters. The third-order valence-corrected chi connectivity index (χ3v) is 2.81. The van der Waals surface area contributed by atoms with Gasteiger partial charge in [0.15, 0.2) is 11.0 Å². The monoisotopic (exact) mass is 266 g/mol. The molecule has 0 atom stereocenters. The molecule has 0 aliphatic rings. The van der Waals surface area contributed by atoms with Crippen molar-refractivity contribution >= 4 is 17.6 Å². The van der Waals surface area contributed by atoms with Crippen LogP contribution in [0.4, 0.5) is 0 Å². The lowest BCUT2D eigenvalue weighted by atomic mass is 10.1. The summed E-state index contributed by atoms with van der Waals surface area (Å²) in [6.45, 7) is 3.57. The third kappa shape index (κ3) is 2.33. The average Bonchev–Trinajstić information content (AvgIpc) is 2.58. The quantitative estimate of drug-likeness (QED) is 0.912. The zero-order valence-electron chi connectivity index (χ0n) is 9.88. The van der Waals surface area contributed by atoms with E-state index in [2.05, 4.69) is 15.3 Å². The number of hydrogen-bond acceptors (Lipinski definition) is 4. The zero-order chi connectivity index (χ0) is 13.3. The minimum Gasteiger partial charge on any atom is -0.481 e. The molecule has 18 heavy (non-hydrogen) atoms. The Hall–Kier alpha value is -1.95. The van der Waals surface area contributed by atoms with Gasteiger partial charge in [-0.2, -0.15) is 5.10 Å². The van der Waals surface area contributed by atoms with Gasteiger partial charge in [0.05, 0.1) is 12.1 Å². The van der Waals surface area contributed by atoms with Gasteiger partial charge in [-0.15, -0.1) is 10.2 Å². The number of carboxylic acid groups (broad SMARTS) is 1. The maximum absolute atomic E-state index is 10.8. The van der Waals surface area contributed by atoms with Crippen molar-refractivity contribution in [3.05, 3.63) is 34.2 Å². The van der Waals surface area contributed by atoms with Crippen LogP contribution in [0.5, 0.6) is 0 Å². The second-order valence-corrected chi connectivity index (χ2v) is 4.23. The van der Waals surface area contributed by atoms with E-state index in [9.17, 15) is 4.79 Å². The van der Waals surface area contributed by atoms with Gasteiger partial charge in [0, 0.05) is 11.3 Å². The van der Waals surface area contributed by atoms with Crippen molar-refractivity contribution in [2.45, 2.75) is 20.3 Å². The normalized spacial score (nSPS) is 10.6. The van der Waals surface area contributed by atoms with Crippen LogP contribution in [0.15, 0.2) is 12.1 Å². The maximum atomic E-state index is 10.8. The summed E-state index contributed by atoms with van der Waals surface area (Å²) in [6.07, 6.45) is -0.0569. The summed E-state index contributed by atoms with van der Waals surface area (Å²) in [5, 5.41) is 21.1. The lowest BCUT2D eigenvalue weighted by Crippen LogP contribution is -2.05. The largest absolute Gasteiger partial charge is 0.481 e. The molecular weight excluding hydrogens is 256 g/mol. The Morgan fingerprint density at radius 2 is 2.11 bits per heavy atom. The topological polar surface area (TPSA) is 80.9 Å². The van der Waals surface area contributed by atoms with Gasteiger partial charge in [-0.1, -0.05) is 11.6 Å². The van der Waals surface area contributed by atoms with Gasteiger partial charge in [0.1, 0.15) is 0 Å². The lowest BCUT2D eigenvalue weighted by molar-refractivity contribution is -0.136. The molecule has 0 fully saturated rings. The van der Waals surface area contributed by atoms with Gasteiger partial charge >= 0.3 is 5.97 Å². The summed E-state index contributed by atoms with van der Waals surface area (Å²) >= 11 is 5.66. The van der Waals surface area contributed by atoms with Crippen LogP contribution in [0.25, 0.3) is 5.82 Å². The van der Waals surface area contributed by atoms with E-state index in [0.717, 1.165) is 5.69 Å². The Bertz CT molecular complexity index is 592. The molecule has 0 amide bonds. The van der Waals surface area contributed by atoms with Crippen LogP contribution in [0.2, 0.25) is 5.15 Å². The minimum atomic E-state index is -0.886. The first kappa shape index (κ1) is 12.5. The van der Waals surface area contributed by atoms with Gasteiger partial charge in [-0.25, -0.2) is 4.68 Å². The molecule has 2 rings (SSSR count). The molecule has 0 saturated carbocycles. The fourth-order valence-corrected chi connectivity index (χ4v) is 1.83. The SMILES string of the molecule is Cc1nn(-c2ccc(Cl)nn2)c(C)c1CC(=O)O. The number of rotatable bonds is 3. The van der Waals surface area contributed by atoms with E-state index in [1.807, 2.05) is 0 Å². The van der Waals surface area contributed by atoms with Crippen LogP contribution in [-0.4, -0.2) is 31.1 Å². The average molecular weight is 267 g/mol. The molecule has 2 aromatic heterocycles. The molecule has 0 spiro atoms. The second kappa shape index (κ2) is 4.73. The molecule has 0 aliphatic carbocycles. The molecule has 2 aromatic rings. The molecule has 94 valence electrons. The summed E-state index contributed by atoms with van der Waals surface area (Å²) < 4.78 is 1.57. The summed E-state index contributed by atoms with van der Waals surface area (Å²) in [5.41, 5.74) is 2.11. The number of aryl methyl sites for hydroxylation is 1. The van der Waals surface area contributed by atoms with Crippen molar-refractivity contribution < 1.29 is 9.90 Å². The van der Waals surface area contributed by atoms with Gasteiger partial charge < -0.3 is 5.11 Å². The molecule has 0 radical (unpaired) electrons. The number of aliphatic carboxylic acids is 1. The van der Waals surface area contributed by atoms with Crippen LogP contribution in [0, 0.1) is 13.8 Å². The van der Waals surface area contributed by atoms with Crippen LogP contribution in [0.3, 0.4) is 0 Å². The highest BCUT2D eigenvalue weighted by Gasteiger charge is 2.16. The lowest BCUT2D eigenvalue weighted by Gasteiger charge is -2.02. The van der Waals surface area contributed by atoms with E-state index in [-0.39, 0.29) is 6.42 Å². The van der Waals surface area contributed by atoms with E-state index in [1.54, 1.807) is 30.7 Å². The van der Waals surface area contributed by atoms with E-state index in [4.69, 9.17) is 16.7 Å². The van der Waals surface area contributed by atoms with Crippen LogP contribution >= 0.6 is 11.6 Å². The molecule has 0 saturated heterocycles. The predicted octanol–water partition coefficient (Wildman–Crippen LogP) is 1.56. The first-order valence-corrected chi connectivity index (χ1v) is 5.63. The number of aromatic nitrogens is 4.